The molecule has 3 rings (SSSR count). The molecule has 2 fully saturated rings. The van der Waals surface area contributed by atoms with Gasteiger partial charge in [-0.2, -0.15) is 0 Å². The summed E-state index contributed by atoms with van der Waals surface area (Å²) in [7, 11) is 1.82. The molecule has 0 spiro atoms. The van der Waals surface area contributed by atoms with E-state index in [4.69, 9.17) is 0 Å². The number of carbonyl (C=O) groups is 1. The third-order valence-electron chi connectivity index (χ3n) is 6.06. The van der Waals surface area contributed by atoms with Crippen LogP contribution in [-0.4, -0.2) is 67.5 Å². The van der Waals surface area contributed by atoms with Gasteiger partial charge in [0, 0.05) is 38.6 Å². The second kappa shape index (κ2) is 10.1. The number of carbonyl (C=O) groups excluding carboxylic acids is 1. The first-order valence-corrected chi connectivity index (χ1v) is 11.0. The highest BCUT2D eigenvalue weighted by Gasteiger charge is 2.28. The topological polar surface area (TPSA) is 60.0 Å². The van der Waals surface area contributed by atoms with Crippen LogP contribution in [0.3, 0.4) is 0 Å². The maximum atomic E-state index is 12.2. The van der Waals surface area contributed by atoms with E-state index in [0.29, 0.717) is 6.04 Å². The fourth-order valence-corrected chi connectivity index (χ4v) is 4.32. The first kappa shape index (κ1) is 21.6. The number of hydrogen-bond acceptors (Lipinski definition) is 3. The summed E-state index contributed by atoms with van der Waals surface area (Å²) in [4.78, 5) is 21.2. The molecule has 1 aromatic rings. The number of hydrogen-bond donors (Lipinski definition) is 2. The van der Waals surface area contributed by atoms with Gasteiger partial charge in [0.25, 0.3) is 0 Å². The van der Waals surface area contributed by atoms with Crippen molar-refractivity contribution in [1.29, 1.82) is 0 Å². The number of nitrogens with zero attached hydrogens (tertiary/aromatic N) is 3. The Morgan fingerprint density at radius 3 is 2.48 bits per heavy atom. The largest absolute Gasteiger partial charge is 0.354 e. The molecule has 1 aromatic carbocycles. The predicted octanol–water partition coefficient (Wildman–Crippen LogP) is 2.55. The number of benzene rings is 1. The summed E-state index contributed by atoms with van der Waals surface area (Å²) >= 11 is 0. The van der Waals surface area contributed by atoms with Gasteiger partial charge in [-0.05, 0) is 44.8 Å². The summed E-state index contributed by atoms with van der Waals surface area (Å²) in [5.74, 6) is 1.12. The van der Waals surface area contributed by atoms with Crippen LogP contribution in [0.25, 0.3) is 0 Å². The molecule has 0 aromatic heterocycles. The van der Waals surface area contributed by atoms with Crippen LogP contribution in [0.15, 0.2) is 29.3 Å². The third kappa shape index (κ3) is 5.72. The van der Waals surface area contributed by atoms with Crippen molar-refractivity contribution in [2.75, 3.05) is 39.8 Å². The van der Waals surface area contributed by atoms with Crippen LogP contribution >= 0.6 is 0 Å². The van der Waals surface area contributed by atoms with E-state index in [1.165, 1.54) is 24.0 Å². The number of guanidine groups is 1. The zero-order chi connectivity index (χ0) is 20.8. The molecule has 0 saturated carbocycles. The lowest BCUT2D eigenvalue weighted by Crippen LogP contribution is -2.47. The van der Waals surface area contributed by atoms with Crippen molar-refractivity contribution in [3.63, 3.8) is 0 Å². The van der Waals surface area contributed by atoms with E-state index in [1.807, 2.05) is 25.8 Å². The summed E-state index contributed by atoms with van der Waals surface area (Å²) in [6, 6.07) is 9.51. The van der Waals surface area contributed by atoms with Crippen LogP contribution in [0.4, 0.5) is 0 Å². The van der Waals surface area contributed by atoms with Crippen LogP contribution in [0, 0.1) is 12.8 Å². The van der Waals surface area contributed by atoms with Gasteiger partial charge in [0.2, 0.25) is 5.91 Å². The average molecular weight is 400 g/mol. The van der Waals surface area contributed by atoms with Gasteiger partial charge in [-0.1, -0.05) is 43.7 Å². The third-order valence-corrected chi connectivity index (χ3v) is 6.06. The van der Waals surface area contributed by atoms with E-state index in [1.54, 1.807) is 0 Å². The molecular weight excluding hydrogens is 362 g/mol. The fraction of sp³-hybridized carbons (Fsp3) is 0.652. The molecule has 2 N–H and O–H groups in total. The molecule has 0 bridgehead atoms. The van der Waals surface area contributed by atoms with Crippen molar-refractivity contribution in [1.82, 2.24) is 20.4 Å². The lowest BCUT2D eigenvalue weighted by molar-refractivity contribution is -0.133. The lowest BCUT2D eigenvalue weighted by Gasteiger charge is -2.29. The summed E-state index contributed by atoms with van der Waals surface area (Å²) in [5, 5.41) is 7.07. The van der Waals surface area contributed by atoms with Crippen LogP contribution in [0.2, 0.25) is 0 Å². The van der Waals surface area contributed by atoms with Crippen molar-refractivity contribution < 1.29 is 4.79 Å². The molecule has 0 radical (unpaired) electrons. The van der Waals surface area contributed by atoms with Gasteiger partial charge in [0.05, 0.1) is 6.04 Å². The summed E-state index contributed by atoms with van der Waals surface area (Å²) in [5.41, 5.74) is 2.65. The van der Waals surface area contributed by atoms with Gasteiger partial charge in [-0.3, -0.25) is 14.7 Å². The van der Waals surface area contributed by atoms with Crippen LogP contribution in [-0.2, 0) is 4.79 Å². The molecule has 2 atom stereocenters. The number of nitrogens with one attached hydrogen (secondary N) is 2. The predicted molar refractivity (Wildman–Crippen MR) is 119 cm³/mol. The van der Waals surface area contributed by atoms with E-state index in [2.05, 4.69) is 51.7 Å². The minimum absolute atomic E-state index is 0.0573. The van der Waals surface area contributed by atoms with Crippen LogP contribution in [0.5, 0.6) is 0 Å². The Bertz CT molecular complexity index is 694. The van der Waals surface area contributed by atoms with Gasteiger partial charge < -0.3 is 15.5 Å². The van der Waals surface area contributed by atoms with E-state index in [0.717, 1.165) is 45.1 Å². The monoisotopic (exact) mass is 399 g/mol. The van der Waals surface area contributed by atoms with E-state index >= 15 is 0 Å². The maximum Gasteiger partial charge on any atom is 0.225 e. The molecule has 6 heteroatoms. The van der Waals surface area contributed by atoms with Crippen molar-refractivity contribution in [3.8, 4) is 0 Å². The molecule has 1 amide bonds. The van der Waals surface area contributed by atoms with Gasteiger partial charge in [-0.25, -0.2) is 0 Å². The van der Waals surface area contributed by atoms with E-state index < -0.39 is 0 Å². The van der Waals surface area contributed by atoms with Crippen LogP contribution < -0.4 is 10.6 Å². The minimum atomic E-state index is 0.0573. The highest BCUT2D eigenvalue weighted by molar-refractivity contribution is 5.81. The van der Waals surface area contributed by atoms with Crippen molar-refractivity contribution in [2.24, 2.45) is 10.9 Å². The Labute approximate surface area is 175 Å². The summed E-state index contributed by atoms with van der Waals surface area (Å²) < 4.78 is 0. The second-order valence-electron chi connectivity index (χ2n) is 8.69. The zero-order valence-electron chi connectivity index (χ0n) is 18.4. The molecule has 2 aliphatic heterocycles. The number of aryl methyl sites for hydroxylation is 1. The molecule has 6 nitrogen and oxygen atoms in total. The number of likely N-dealkylation sites (tertiary alicyclic amines) is 2. The smallest absolute Gasteiger partial charge is 0.225 e. The van der Waals surface area contributed by atoms with Gasteiger partial charge in [0.15, 0.2) is 5.96 Å². The second-order valence-corrected chi connectivity index (χ2v) is 8.69. The first-order chi connectivity index (χ1) is 14.0. The fourth-order valence-electron chi connectivity index (χ4n) is 4.32. The number of amides is 1. The summed E-state index contributed by atoms with van der Waals surface area (Å²) in [6.45, 7) is 10.8. The minimum Gasteiger partial charge on any atom is -0.354 e. The molecule has 29 heavy (non-hydrogen) atoms. The van der Waals surface area contributed by atoms with Gasteiger partial charge in [-0.15, -0.1) is 0 Å². The Morgan fingerprint density at radius 1 is 1.17 bits per heavy atom. The number of aliphatic imine (C=N–C) groups is 1. The van der Waals surface area contributed by atoms with E-state index in [9.17, 15) is 4.79 Å². The Balaban J connectivity index is 1.58. The molecule has 2 saturated heterocycles. The Hall–Kier alpha value is -2.08. The molecule has 2 heterocycles. The lowest BCUT2D eigenvalue weighted by atomic mass is 10.0. The normalized spacial score (nSPS) is 21.6. The van der Waals surface area contributed by atoms with Crippen molar-refractivity contribution in [2.45, 2.75) is 52.1 Å². The molecule has 2 unspecified atom stereocenters. The Morgan fingerprint density at radius 2 is 1.86 bits per heavy atom. The number of rotatable bonds is 6. The summed E-state index contributed by atoms with van der Waals surface area (Å²) in [6.07, 6.45) is 3.51. The maximum absolute atomic E-state index is 12.2. The van der Waals surface area contributed by atoms with Crippen molar-refractivity contribution in [3.05, 3.63) is 35.4 Å². The van der Waals surface area contributed by atoms with Gasteiger partial charge >= 0.3 is 0 Å². The molecule has 0 aliphatic carbocycles. The highest BCUT2D eigenvalue weighted by atomic mass is 16.2. The molecular formula is C23H37N5O. The quantitative estimate of drug-likeness (QED) is 0.570. The standard InChI is InChI=1S/C23H37N5O/c1-17(2)22(29)28-14-11-20(16-28)26-23(24-4)25-15-21(27-12-5-6-13-27)19-9-7-18(3)8-10-19/h7-10,17,20-21H,5-6,11-16H2,1-4H3,(H2,24,25,26). The van der Waals surface area contributed by atoms with E-state index in [-0.39, 0.29) is 17.9 Å². The van der Waals surface area contributed by atoms with Crippen molar-refractivity contribution >= 4 is 11.9 Å². The average Bonchev–Trinajstić information content (AvgIpc) is 3.40. The zero-order valence-corrected chi connectivity index (χ0v) is 18.4. The molecule has 2 aliphatic rings. The van der Waals surface area contributed by atoms with Crippen LogP contribution in [0.1, 0.15) is 50.3 Å². The van der Waals surface area contributed by atoms with Gasteiger partial charge in [0.1, 0.15) is 0 Å². The SMILES string of the molecule is CN=C(NCC(c1ccc(C)cc1)N1CCCC1)NC1CCN(C(=O)C(C)C)C1. The molecule has 160 valence electrons. The Kier molecular flexibility index (Phi) is 7.53. The highest BCUT2D eigenvalue weighted by Crippen LogP contribution is 2.25. The first-order valence-electron chi connectivity index (χ1n) is 11.0.